The van der Waals surface area contributed by atoms with Gasteiger partial charge < -0.3 is 0 Å². The molecule has 0 aliphatic carbocycles. The van der Waals surface area contributed by atoms with Gasteiger partial charge >= 0.3 is 0 Å². The van der Waals surface area contributed by atoms with Crippen molar-refractivity contribution in [2.75, 3.05) is 0 Å². The minimum atomic E-state index is -3.65. The quantitative estimate of drug-likeness (QED) is 0.765. The van der Waals surface area contributed by atoms with Gasteiger partial charge in [0.2, 0.25) is 10.0 Å². The zero-order valence-corrected chi connectivity index (χ0v) is 7.75. The third kappa shape index (κ3) is 2.46. The lowest BCUT2D eigenvalue weighted by Crippen LogP contribution is -2.20. The van der Waals surface area contributed by atoms with Crippen molar-refractivity contribution < 1.29 is 12.8 Å². The highest BCUT2D eigenvalue weighted by atomic mass is 32.2. The predicted molar refractivity (Wildman–Crippen MR) is 45.7 cm³/mol. The van der Waals surface area contributed by atoms with Gasteiger partial charge in [0.25, 0.3) is 0 Å². The summed E-state index contributed by atoms with van der Waals surface area (Å²) < 4.78 is 34.1. The van der Waals surface area contributed by atoms with Crippen molar-refractivity contribution >= 4 is 10.0 Å². The molecule has 1 atom stereocenters. The number of nitrogens with two attached hydrogens (primary N) is 1. The number of hydrogen-bond acceptors (Lipinski definition) is 3. The number of hydrogen-bond donors (Lipinski definition) is 1. The average Bonchev–Trinajstić information content (AvgIpc) is 2.03. The number of rotatable bonds is 2. The summed E-state index contributed by atoms with van der Waals surface area (Å²) in [4.78, 5) is 3.61. The fraction of sp³-hybridized carbons (Fsp3) is 0.286. The van der Waals surface area contributed by atoms with E-state index in [9.17, 15) is 12.8 Å². The Hall–Kier alpha value is -1.01. The van der Waals surface area contributed by atoms with E-state index < -0.39 is 21.1 Å². The summed E-state index contributed by atoms with van der Waals surface area (Å²) in [5.74, 6) is -0.509. The van der Waals surface area contributed by atoms with Crippen molar-refractivity contribution in [3.8, 4) is 0 Å². The van der Waals surface area contributed by atoms with Crippen LogP contribution in [0.3, 0.4) is 0 Å². The van der Waals surface area contributed by atoms with E-state index in [0.717, 1.165) is 12.3 Å². The molecule has 0 saturated carbocycles. The highest BCUT2D eigenvalue weighted by Crippen LogP contribution is 2.16. The molecular weight excluding hydrogens is 195 g/mol. The SMILES string of the molecule is CC(c1ccc(F)cn1)S(N)(=O)=O. The Morgan fingerprint density at radius 3 is 2.54 bits per heavy atom. The first-order valence-electron chi connectivity index (χ1n) is 3.54. The predicted octanol–water partition coefficient (Wildman–Crippen LogP) is 0.570. The molecule has 0 saturated heterocycles. The van der Waals surface area contributed by atoms with E-state index in [1.54, 1.807) is 0 Å². The molecule has 0 spiro atoms. The monoisotopic (exact) mass is 204 g/mol. The van der Waals surface area contributed by atoms with Crippen LogP contribution in [-0.4, -0.2) is 13.4 Å². The molecule has 0 radical (unpaired) electrons. The molecular formula is C7H9FN2O2S. The Balaban J connectivity index is 3.04. The number of pyridine rings is 1. The molecule has 1 aromatic heterocycles. The highest BCUT2D eigenvalue weighted by molar-refractivity contribution is 7.89. The van der Waals surface area contributed by atoms with Crippen molar-refractivity contribution in [1.29, 1.82) is 0 Å². The lowest BCUT2D eigenvalue weighted by molar-refractivity contribution is 0.584. The molecule has 0 aliphatic rings. The van der Waals surface area contributed by atoms with Gasteiger partial charge in [0.1, 0.15) is 11.1 Å². The van der Waals surface area contributed by atoms with E-state index >= 15 is 0 Å². The van der Waals surface area contributed by atoms with Crippen LogP contribution in [-0.2, 0) is 10.0 Å². The van der Waals surface area contributed by atoms with Gasteiger partial charge in [-0.05, 0) is 19.1 Å². The molecule has 4 nitrogen and oxygen atoms in total. The second-order valence-electron chi connectivity index (χ2n) is 2.63. The minimum absolute atomic E-state index is 0.240. The van der Waals surface area contributed by atoms with E-state index in [4.69, 9.17) is 5.14 Å². The molecule has 72 valence electrons. The molecule has 0 bridgehead atoms. The van der Waals surface area contributed by atoms with Gasteiger partial charge in [-0.15, -0.1) is 0 Å². The van der Waals surface area contributed by atoms with Gasteiger partial charge in [0.05, 0.1) is 11.9 Å². The number of sulfonamides is 1. The molecule has 0 amide bonds. The first kappa shape index (κ1) is 10.1. The van der Waals surface area contributed by atoms with E-state index in [1.807, 2.05) is 0 Å². The average molecular weight is 204 g/mol. The Kier molecular flexibility index (Phi) is 2.63. The second-order valence-corrected chi connectivity index (χ2v) is 4.52. The van der Waals surface area contributed by atoms with Gasteiger partial charge in [-0.3, -0.25) is 4.98 Å². The molecule has 6 heteroatoms. The van der Waals surface area contributed by atoms with Crippen molar-refractivity contribution in [1.82, 2.24) is 4.98 Å². The van der Waals surface area contributed by atoms with E-state index in [2.05, 4.69) is 4.98 Å². The fourth-order valence-corrected chi connectivity index (χ4v) is 1.27. The first-order valence-corrected chi connectivity index (χ1v) is 5.15. The third-order valence-corrected chi connectivity index (χ3v) is 2.89. The third-order valence-electron chi connectivity index (χ3n) is 1.66. The second kappa shape index (κ2) is 3.39. The molecule has 1 heterocycles. The Labute approximate surface area is 75.6 Å². The van der Waals surface area contributed by atoms with Crippen LogP contribution in [0.5, 0.6) is 0 Å². The molecule has 0 aromatic carbocycles. The molecule has 2 N–H and O–H groups in total. The molecule has 1 unspecified atom stereocenters. The Morgan fingerprint density at radius 2 is 2.15 bits per heavy atom. The standard InChI is InChI=1S/C7H9FN2O2S/c1-5(13(9,11)12)7-3-2-6(8)4-10-7/h2-5H,1H3,(H2,9,11,12). The molecule has 0 aliphatic heterocycles. The topological polar surface area (TPSA) is 73.0 Å². The molecule has 1 rings (SSSR count). The lowest BCUT2D eigenvalue weighted by atomic mass is 10.3. The van der Waals surface area contributed by atoms with Crippen LogP contribution in [0.25, 0.3) is 0 Å². The van der Waals surface area contributed by atoms with Crippen molar-refractivity contribution in [3.63, 3.8) is 0 Å². The van der Waals surface area contributed by atoms with Crippen molar-refractivity contribution in [2.45, 2.75) is 12.2 Å². The Morgan fingerprint density at radius 1 is 1.54 bits per heavy atom. The van der Waals surface area contributed by atoms with Crippen LogP contribution in [0.1, 0.15) is 17.9 Å². The van der Waals surface area contributed by atoms with E-state index in [-0.39, 0.29) is 5.69 Å². The lowest BCUT2D eigenvalue weighted by Gasteiger charge is -2.07. The van der Waals surface area contributed by atoms with Crippen LogP contribution in [0.4, 0.5) is 4.39 Å². The van der Waals surface area contributed by atoms with Crippen molar-refractivity contribution in [2.24, 2.45) is 5.14 Å². The van der Waals surface area contributed by atoms with Gasteiger partial charge in [-0.25, -0.2) is 17.9 Å². The van der Waals surface area contributed by atoms with Crippen molar-refractivity contribution in [3.05, 3.63) is 29.8 Å². The van der Waals surface area contributed by atoms with Crippen LogP contribution in [0, 0.1) is 5.82 Å². The largest absolute Gasteiger partial charge is 0.257 e. The fourth-order valence-electron chi connectivity index (χ4n) is 0.796. The first-order chi connectivity index (χ1) is 5.91. The van der Waals surface area contributed by atoms with Gasteiger partial charge in [0.15, 0.2) is 0 Å². The zero-order valence-electron chi connectivity index (χ0n) is 6.94. The summed E-state index contributed by atoms with van der Waals surface area (Å²) in [5.41, 5.74) is 0.240. The molecule has 13 heavy (non-hydrogen) atoms. The van der Waals surface area contributed by atoms with Crippen LogP contribution in [0.15, 0.2) is 18.3 Å². The summed E-state index contributed by atoms with van der Waals surface area (Å²) in [6.45, 7) is 1.40. The normalized spacial score (nSPS) is 14.1. The van der Waals surface area contributed by atoms with E-state index in [1.165, 1.54) is 13.0 Å². The zero-order chi connectivity index (χ0) is 10.1. The van der Waals surface area contributed by atoms with Crippen LogP contribution in [0.2, 0.25) is 0 Å². The number of halogens is 1. The molecule has 0 fully saturated rings. The summed E-state index contributed by atoms with van der Waals surface area (Å²) in [7, 11) is -3.65. The maximum atomic E-state index is 12.4. The number of nitrogens with zero attached hydrogens (tertiary/aromatic N) is 1. The summed E-state index contributed by atoms with van der Waals surface area (Å²) >= 11 is 0. The van der Waals surface area contributed by atoms with Gasteiger partial charge in [-0.2, -0.15) is 0 Å². The maximum Gasteiger partial charge on any atom is 0.217 e. The van der Waals surface area contributed by atoms with Crippen LogP contribution >= 0.6 is 0 Å². The maximum absolute atomic E-state index is 12.4. The van der Waals surface area contributed by atoms with Gasteiger partial charge in [-0.1, -0.05) is 0 Å². The smallest absolute Gasteiger partial charge is 0.217 e. The highest BCUT2D eigenvalue weighted by Gasteiger charge is 2.18. The van der Waals surface area contributed by atoms with E-state index in [0.29, 0.717) is 0 Å². The molecule has 1 aromatic rings. The number of primary sulfonamides is 1. The summed E-state index contributed by atoms with van der Waals surface area (Å²) in [6, 6.07) is 2.44. The summed E-state index contributed by atoms with van der Waals surface area (Å²) in [5, 5.41) is 3.98. The summed E-state index contributed by atoms with van der Waals surface area (Å²) in [6.07, 6.45) is 0.955. The van der Waals surface area contributed by atoms with Crippen LogP contribution < -0.4 is 5.14 Å². The van der Waals surface area contributed by atoms with Gasteiger partial charge in [0, 0.05) is 0 Å². The Bertz CT molecular complexity index is 387. The minimum Gasteiger partial charge on any atom is -0.257 e. The number of aromatic nitrogens is 1.